The summed E-state index contributed by atoms with van der Waals surface area (Å²) in [6.45, 7) is 4.26. The topological polar surface area (TPSA) is 43.9 Å². The van der Waals surface area contributed by atoms with Crippen molar-refractivity contribution in [1.82, 2.24) is 14.7 Å². The molecule has 1 amide bonds. The van der Waals surface area contributed by atoms with Crippen molar-refractivity contribution >= 4 is 12.7 Å². The minimum Gasteiger partial charge on any atom is -0.340 e. The molecule has 1 aromatic carbocycles. The van der Waals surface area contributed by atoms with Gasteiger partial charge in [-0.3, -0.25) is 4.79 Å². The van der Waals surface area contributed by atoms with Gasteiger partial charge in [-0.15, -0.1) is 0 Å². The molecule has 1 unspecified atom stereocenters. The molecule has 3 aliphatic heterocycles. The van der Waals surface area contributed by atoms with Crippen LogP contribution < -0.4 is 0 Å². The summed E-state index contributed by atoms with van der Waals surface area (Å²) in [5.74, 6) is -0.0735. The Labute approximate surface area is 222 Å². The average Bonchev–Trinajstić information content (AvgIpc) is 3.38. The van der Waals surface area contributed by atoms with E-state index in [4.69, 9.17) is 4.79 Å². The molecule has 0 aromatic heterocycles. The van der Waals surface area contributed by atoms with Crippen LogP contribution >= 0.6 is 0 Å². The minimum atomic E-state index is -2.16. The SMILES string of the molecule is C=O.CN(C1CC(C(F)F)C1)C1CCCC(=O)N2CCC[C@@H]2C1.CN1CCCC12CC2.c1ccccc1. The summed E-state index contributed by atoms with van der Waals surface area (Å²) in [5, 5.41) is 0. The van der Waals surface area contributed by atoms with Gasteiger partial charge in [0.05, 0.1) is 0 Å². The average molecular weight is 520 g/mol. The molecular formula is C30H47F2N3O2. The Kier molecular flexibility index (Phi) is 11.5. The van der Waals surface area contributed by atoms with Gasteiger partial charge in [-0.25, -0.2) is 8.78 Å². The standard InChI is InChI=1S/C16H26F2N2O.C7H13N.C6H6.CH2O/c1-19(14-8-11(9-14)16(17)18)12-4-2-6-15(21)20-7-3-5-13(20)10-12;1-8-6-2-3-7(8)4-5-7;1-2-4-6-5-3-1;1-2/h11-14,16H,2-10H2,1H3;2-6H2,1H3;1-6H;1H2/t11?,12?,13-,14?;;;/m1.../s1. The van der Waals surface area contributed by atoms with E-state index in [2.05, 4.69) is 28.8 Å². The molecule has 2 atom stereocenters. The number of carbonyl (C=O) groups excluding carboxylic acids is 2. The van der Waals surface area contributed by atoms with E-state index in [1.54, 1.807) is 0 Å². The lowest BCUT2D eigenvalue weighted by Gasteiger charge is -2.46. The zero-order valence-corrected chi connectivity index (χ0v) is 22.9. The van der Waals surface area contributed by atoms with Gasteiger partial charge in [0.1, 0.15) is 6.79 Å². The third-order valence-electron chi connectivity index (χ3n) is 9.27. The normalized spacial score (nSPS) is 30.0. The van der Waals surface area contributed by atoms with Crippen LogP contribution in [0.15, 0.2) is 36.4 Å². The van der Waals surface area contributed by atoms with Crippen LogP contribution in [0.1, 0.15) is 77.0 Å². The van der Waals surface area contributed by atoms with Gasteiger partial charge in [0.15, 0.2) is 0 Å². The maximum Gasteiger partial charge on any atom is 0.241 e. The van der Waals surface area contributed by atoms with Gasteiger partial charge in [-0.05, 0) is 91.3 Å². The van der Waals surface area contributed by atoms with Crippen LogP contribution in [-0.2, 0) is 9.59 Å². The fraction of sp³-hybridized carbons (Fsp3) is 0.733. The highest BCUT2D eigenvalue weighted by atomic mass is 19.3. The molecule has 6 rings (SSSR count). The zero-order chi connectivity index (χ0) is 26.8. The Balaban J connectivity index is 0.000000192. The van der Waals surface area contributed by atoms with E-state index in [1.807, 2.05) is 43.2 Å². The molecule has 1 aromatic rings. The molecule has 5 fully saturated rings. The number of alkyl halides is 2. The molecule has 1 spiro atoms. The van der Waals surface area contributed by atoms with Gasteiger partial charge in [0.25, 0.3) is 0 Å². The number of amides is 1. The Morgan fingerprint density at radius 3 is 2.00 bits per heavy atom. The van der Waals surface area contributed by atoms with Crippen molar-refractivity contribution in [3.05, 3.63) is 36.4 Å². The first-order valence-corrected chi connectivity index (χ1v) is 14.2. The number of carbonyl (C=O) groups is 2. The van der Waals surface area contributed by atoms with Crippen molar-refractivity contribution < 1.29 is 18.4 Å². The minimum absolute atomic E-state index is 0.319. The summed E-state index contributed by atoms with van der Waals surface area (Å²) in [5.41, 5.74) is 0.736. The third kappa shape index (κ3) is 8.06. The Bertz CT molecular complexity index is 775. The molecule has 5 nitrogen and oxygen atoms in total. The molecule has 208 valence electrons. The molecule has 2 saturated carbocycles. The molecule has 0 N–H and O–H groups in total. The van der Waals surface area contributed by atoms with Crippen LogP contribution in [0, 0.1) is 5.92 Å². The summed E-state index contributed by atoms with van der Waals surface area (Å²) in [6.07, 6.45) is 10.9. The number of likely N-dealkylation sites (tertiary alicyclic amines) is 1. The van der Waals surface area contributed by atoms with Crippen LogP contribution in [0.4, 0.5) is 8.78 Å². The Hall–Kier alpha value is -1.86. The van der Waals surface area contributed by atoms with E-state index in [0.717, 1.165) is 44.2 Å². The molecular weight excluding hydrogens is 472 g/mol. The third-order valence-corrected chi connectivity index (χ3v) is 9.27. The number of benzene rings is 1. The lowest BCUT2D eigenvalue weighted by atomic mass is 9.78. The highest BCUT2D eigenvalue weighted by molar-refractivity contribution is 5.76. The van der Waals surface area contributed by atoms with E-state index >= 15 is 0 Å². The number of nitrogens with zero attached hydrogens (tertiary/aromatic N) is 3. The van der Waals surface area contributed by atoms with Crippen LogP contribution in [0.3, 0.4) is 0 Å². The maximum absolute atomic E-state index is 12.6. The fourth-order valence-corrected chi connectivity index (χ4v) is 6.54. The van der Waals surface area contributed by atoms with E-state index < -0.39 is 12.3 Å². The second kappa shape index (κ2) is 14.3. The second-order valence-corrected chi connectivity index (χ2v) is 11.5. The summed E-state index contributed by atoms with van der Waals surface area (Å²) in [7, 11) is 4.36. The zero-order valence-electron chi connectivity index (χ0n) is 22.9. The van der Waals surface area contributed by atoms with Gasteiger partial charge in [-0.2, -0.15) is 0 Å². The van der Waals surface area contributed by atoms with Crippen molar-refractivity contribution in [2.24, 2.45) is 5.92 Å². The first-order chi connectivity index (χ1) is 17.9. The molecule has 3 heterocycles. The van der Waals surface area contributed by atoms with Crippen molar-refractivity contribution in [3.63, 3.8) is 0 Å². The van der Waals surface area contributed by atoms with Crippen molar-refractivity contribution in [2.75, 3.05) is 27.2 Å². The summed E-state index contributed by atoms with van der Waals surface area (Å²) < 4.78 is 25.3. The molecule has 2 aliphatic carbocycles. The number of halogens is 2. The van der Waals surface area contributed by atoms with E-state index in [9.17, 15) is 13.6 Å². The first kappa shape index (κ1) is 29.7. The Morgan fingerprint density at radius 1 is 0.892 bits per heavy atom. The molecule has 5 aliphatic rings. The van der Waals surface area contributed by atoms with E-state index in [0.29, 0.717) is 43.3 Å². The van der Waals surface area contributed by atoms with Crippen molar-refractivity contribution in [2.45, 2.75) is 107 Å². The van der Waals surface area contributed by atoms with Gasteiger partial charge in [-0.1, -0.05) is 36.4 Å². The highest BCUT2D eigenvalue weighted by Gasteiger charge is 2.48. The summed E-state index contributed by atoms with van der Waals surface area (Å²) in [4.78, 5) is 27.0. The number of hydrogen-bond donors (Lipinski definition) is 0. The largest absolute Gasteiger partial charge is 0.340 e. The monoisotopic (exact) mass is 519 g/mol. The maximum atomic E-state index is 12.6. The highest BCUT2D eigenvalue weighted by Crippen LogP contribution is 2.48. The van der Waals surface area contributed by atoms with Gasteiger partial charge in [0, 0.05) is 42.5 Å². The van der Waals surface area contributed by atoms with Crippen molar-refractivity contribution in [3.8, 4) is 0 Å². The van der Waals surface area contributed by atoms with E-state index in [-0.39, 0.29) is 0 Å². The van der Waals surface area contributed by atoms with Gasteiger partial charge in [0.2, 0.25) is 12.3 Å². The molecule has 0 bridgehead atoms. The number of fused-ring (bicyclic) bond motifs is 1. The summed E-state index contributed by atoms with van der Waals surface area (Å²) >= 11 is 0. The molecule has 0 radical (unpaired) electrons. The van der Waals surface area contributed by atoms with Gasteiger partial charge < -0.3 is 19.5 Å². The first-order valence-electron chi connectivity index (χ1n) is 14.2. The molecule has 3 saturated heterocycles. The lowest BCUT2D eigenvalue weighted by Crippen LogP contribution is -2.51. The predicted octanol–water partition coefficient (Wildman–Crippen LogP) is 5.64. The fourth-order valence-electron chi connectivity index (χ4n) is 6.54. The number of rotatable bonds is 3. The van der Waals surface area contributed by atoms with Crippen molar-refractivity contribution in [1.29, 1.82) is 0 Å². The van der Waals surface area contributed by atoms with Crippen LogP contribution in [0.5, 0.6) is 0 Å². The molecule has 37 heavy (non-hydrogen) atoms. The van der Waals surface area contributed by atoms with Crippen LogP contribution in [-0.4, -0.2) is 84.7 Å². The predicted molar refractivity (Wildman–Crippen MR) is 145 cm³/mol. The smallest absolute Gasteiger partial charge is 0.241 e. The molecule has 7 heteroatoms. The quantitative estimate of drug-likeness (QED) is 0.518. The Morgan fingerprint density at radius 2 is 1.51 bits per heavy atom. The van der Waals surface area contributed by atoms with E-state index in [1.165, 1.54) is 32.2 Å². The van der Waals surface area contributed by atoms with Gasteiger partial charge >= 0.3 is 0 Å². The second-order valence-electron chi connectivity index (χ2n) is 11.5. The van der Waals surface area contributed by atoms with Crippen LogP contribution in [0.25, 0.3) is 0 Å². The number of hydrogen-bond acceptors (Lipinski definition) is 4. The lowest BCUT2D eigenvalue weighted by molar-refractivity contribution is -0.133. The summed E-state index contributed by atoms with van der Waals surface area (Å²) in [6, 6.07) is 13.2. The van der Waals surface area contributed by atoms with Crippen LogP contribution in [0.2, 0.25) is 0 Å².